The van der Waals surface area contributed by atoms with Crippen LogP contribution in [-0.2, 0) is 17.8 Å². The third-order valence-electron chi connectivity index (χ3n) is 4.39. The number of nitrogens with zero attached hydrogens (tertiary/aromatic N) is 2. The summed E-state index contributed by atoms with van der Waals surface area (Å²) < 4.78 is 18.4. The number of benzene rings is 2. The lowest BCUT2D eigenvalue weighted by Gasteiger charge is -2.30. The molecule has 2 N–H and O–H groups in total. The highest BCUT2D eigenvalue weighted by molar-refractivity contribution is 5.79. The monoisotopic (exact) mass is 356 g/mol. The number of nitrogens with one attached hydrogen (secondary N) is 2. The van der Waals surface area contributed by atoms with E-state index < -0.39 is 0 Å². The molecule has 1 saturated heterocycles. The summed E-state index contributed by atoms with van der Waals surface area (Å²) >= 11 is 0. The molecule has 2 aromatic carbocycles. The van der Waals surface area contributed by atoms with Gasteiger partial charge in [0.05, 0.1) is 13.2 Å². The SMILES string of the molecule is CN=C(NCc1ccc(F)cc1)NCc1ccccc1N1CCOCC1. The second kappa shape index (κ2) is 9.20. The fourth-order valence-electron chi connectivity index (χ4n) is 2.96. The van der Waals surface area contributed by atoms with E-state index >= 15 is 0 Å². The van der Waals surface area contributed by atoms with Gasteiger partial charge in [-0.15, -0.1) is 0 Å². The average molecular weight is 356 g/mol. The van der Waals surface area contributed by atoms with E-state index in [1.165, 1.54) is 23.4 Å². The highest BCUT2D eigenvalue weighted by Gasteiger charge is 2.14. The van der Waals surface area contributed by atoms with Crippen LogP contribution in [0.3, 0.4) is 0 Å². The number of hydrogen-bond donors (Lipinski definition) is 2. The first-order valence-electron chi connectivity index (χ1n) is 8.86. The Kier molecular flexibility index (Phi) is 6.44. The van der Waals surface area contributed by atoms with Gasteiger partial charge in [0, 0.05) is 38.9 Å². The van der Waals surface area contributed by atoms with E-state index in [1.54, 1.807) is 19.2 Å². The van der Waals surface area contributed by atoms with Crippen molar-refractivity contribution < 1.29 is 9.13 Å². The number of anilines is 1. The predicted octanol–water partition coefficient (Wildman–Crippen LogP) is 2.53. The lowest BCUT2D eigenvalue weighted by atomic mass is 10.1. The second-order valence-electron chi connectivity index (χ2n) is 6.13. The molecular formula is C20H25FN4O. The molecule has 0 aliphatic carbocycles. The first kappa shape index (κ1) is 18.2. The molecule has 0 atom stereocenters. The van der Waals surface area contributed by atoms with Gasteiger partial charge >= 0.3 is 0 Å². The number of rotatable bonds is 5. The van der Waals surface area contributed by atoms with Gasteiger partial charge in [-0.25, -0.2) is 4.39 Å². The topological polar surface area (TPSA) is 48.9 Å². The van der Waals surface area contributed by atoms with Crippen LogP contribution in [0.4, 0.5) is 10.1 Å². The molecule has 0 unspecified atom stereocenters. The van der Waals surface area contributed by atoms with Gasteiger partial charge in [-0.1, -0.05) is 30.3 Å². The minimum Gasteiger partial charge on any atom is -0.378 e. The van der Waals surface area contributed by atoms with Gasteiger partial charge in [-0.05, 0) is 29.3 Å². The quantitative estimate of drug-likeness (QED) is 0.639. The van der Waals surface area contributed by atoms with E-state index in [9.17, 15) is 4.39 Å². The summed E-state index contributed by atoms with van der Waals surface area (Å²) in [6.45, 7) is 4.62. The van der Waals surface area contributed by atoms with Crippen molar-refractivity contribution >= 4 is 11.6 Å². The number of aliphatic imine (C=N–C) groups is 1. The Morgan fingerprint density at radius 2 is 1.73 bits per heavy atom. The highest BCUT2D eigenvalue weighted by atomic mass is 19.1. The zero-order valence-electron chi connectivity index (χ0n) is 15.0. The summed E-state index contributed by atoms with van der Waals surface area (Å²) in [6.07, 6.45) is 0. The van der Waals surface area contributed by atoms with Gasteiger partial charge in [-0.2, -0.15) is 0 Å². The van der Waals surface area contributed by atoms with Crippen molar-refractivity contribution in [1.29, 1.82) is 0 Å². The Morgan fingerprint density at radius 1 is 1.04 bits per heavy atom. The van der Waals surface area contributed by atoms with Crippen LogP contribution < -0.4 is 15.5 Å². The molecule has 0 aromatic heterocycles. The molecule has 0 bridgehead atoms. The second-order valence-corrected chi connectivity index (χ2v) is 6.13. The summed E-state index contributed by atoms with van der Waals surface area (Å²) in [5.74, 6) is 0.488. The maximum atomic E-state index is 13.0. The molecule has 0 radical (unpaired) electrons. The maximum Gasteiger partial charge on any atom is 0.191 e. The van der Waals surface area contributed by atoms with Gasteiger partial charge in [0.1, 0.15) is 5.82 Å². The zero-order chi connectivity index (χ0) is 18.2. The normalized spacial score (nSPS) is 15.0. The summed E-state index contributed by atoms with van der Waals surface area (Å²) in [7, 11) is 1.74. The van der Waals surface area contributed by atoms with Crippen LogP contribution in [-0.4, -0.2) is 39.3 Å². The first-order chi connectivity index (χ1) is 12.8. The Hall–Kier alpha value is -2.60. The molecule has 0 saturated carbocycles. The molecule has 1 heterocycles. The molecule has 1 fully saturated rings. The zero-order valence-corrected chi connectivity index (χ0v) is 15.0. The van der Waals surface area contributed by atoms with Crippen LogP contribution in [0.2, 0.25) is 0 Å². The van der Waals surface area contributed by atoms with E-state index in [2.05, 4.69) is 44.8 Å². The molecule has 5 nitrogen and oxygen atoms in total. The van der Waals surface area contributed by atoms with Crippen molar-refractivity contribution in [3.8, 4) is 0 Å². The number of morpholine rings is 1. The van der Waals surface area contributed by atoms with Crippen LogP contribution in [0, 0.1) is 5.82 Å². The van der Waals surface area contributed by atoms with Gasteiger partial charge < -0.3 is 20.3 Å². The van der Waals surface area contributed by atoms with Crippen molar-refractivity contribution in [2.24, 2.45) is 4.99 Å². The first-order valence-corrected chi connectivity index (χ1v) is 8.86. The fraction of sp³-hybridized carbons (Fsp3) is 0.350. The summed E-state index contributed by atoms with van der Waals surface area (Å²) in [5, 5.41) is 6.61. The van der Waals surface area contributed by atoms with E-state index in [0.29, 0.717) is 19.0 Å². The lowest BCUT2D eigenvalue weighted by Crippen LogP contribution is -2.38. The Morgan fingerprint density at radius 3 is 2.46 bits per heavy atom. The van der Waals surface area contributed by atoms with Crippen LogP contribution in [0.25, 0.3) is 0 Å². The highest BCUT2D eigenvalue weighted by Crippen LogP contribution is 2.21. The largest absolute Gasteiger partial charge is 0.378 e. The van der Waals surface area contributed by atoms with E-state index in [1.807, 2.05) is 0 Å². The number of para-hydroxylation sites is 1. The van der Waals surface area contributed by atoms with Crippen LogP contribution in [0.1, 0.15) is 11.1 Å². The number of guanidine groups is 1. The van der Waals surface area contributed by atoms with Crippen molar-refractivity contribution in [1.82, 2.24) is 10.6 Å². The maximum absolute atomic E-state index is 13.0. The molecule has 1 aliphatic heterocycles. The summed E-state index contributed by atoms with van der Waals surface area (Å²) in [4.78, 5) is 6.62. The van der Waals surface area contributed by atoms with Crippen molar-refractivity contribution in [3.63, 3.8) is 0 Å². The predicted molar refractivity (Wildman–Crippen MR) is 103 cm³/mol. The van der Waals surface area contributed by atoms with Crippen molar-refractivity contribution in [2.45, 2.75) is 13.1 Å². The van der Waals surface area contributed by atoms with E-state index in [0.717, 1.165) is 31.9 Å². The molecule has 3 rings (SSSR count). The Balaban J connectivity index is 1.57. The van der Waals surface area contributed by atoms with Gasteiger partial charge in [-0.3, -0.25) is 4.99 Å². The van der Waals surface area contributed by atoms with Crippen LogP contribution in [0.5, 0.6) is 0 Å². The molecule has 1 aliphatic rings. The Bertz CT molecular complexity index is 727. The third-order valence-corrected chi connectivity index (χ3v) is 4.39. The molecule has 0 amide bonds. The van der Waals surface area contributed by atoms with Crippen LogP contribution in [0.15, 0.2) is 53.5 Å². The third kappa shape index (κ3) is 4.95. The molecular weight excluding hydrogens is 331 g/mol. The summed E-state index contributed by atoms with van der Waals surface area (Å²) in [5.41, 5.74) is 3.46. The number of hydrogen-bond acceptors (Lipinski definition) is 3. The molecule has 26 heavy (non-hydrogen) atoms. The fourth-order valence-corrected chi connectivity index (χ4v) is 2.96. The summed E-state index contributed by atoms with van der Waals surface area (Å²) in [6, 6.07) is 14.9. The van der Waals surface area contributed by atoms with Crippen molar-refractivity contribution in [3.05, 3.63) is 65.5 Å². The molecule has 2 aromatic rings. The smallest absolute Gasteiger partial charge is 0.191 e. The van der Waals surface area contributed by atoms with Gasteiger partial charge in [0.25, 0.3) is 0 Å². The molecule has 6 heteroatoms. The number of ether oxygens (including phenoxy) is 1. The minimum atomic E-state index is -0.226. The van der Waals surface area contributed by atoms with Gasteiger partial charge in [0.2, 0.25) is 0 Å². The minimum absolute atomic E-state index is 0.226. The number of halogens is 1. The van der Waals surface area contributed by atoms with Crippen LogP contribution >= 0.6 is 0 Å². The molecule has 138 valence electrons. The molecule has 0 spiro atoms. The Labute approximate surface area is 153 Å². The van der Waals surface area contributed by atoms with Crippen molar-refractivity contribution in [2.75, 3.05) is 38.3 Å². The van der Waals surface area contributed by atoms with E-state index in [4.69, 9.17) is 4.74 Å². The van der Waals surface area contributed by atoms with E-state index in [-0.39, 0.29) is 5.82 Å². The lowest BCUT2D eigenvalue weighted by molar-refractivity contribution is 0.122. The van der Waals surface area contributed by atoms with Gasteiger partial charge in [0.15, 0.2) is 5.96 Å². The average Bonchev–Trinajstić information content (AvgIpc) is 2.70. The standard InChI is InChI=1S/C20H25FN4O/c1-22-20(23-14-16-6-8-18(21)9-7-16)24-15-17-4-2-3-5-19(17)25-10-12-26-13-11-25/h2-9H,10-15H2,1H3,(H2,22,23,24).